The van der Waals surface area contributed by atoms with Gasteiger partial charge in [-0.2, -0.15) is 0 Å². The molecule has 0 spiro atoms. The Morgan fingerprint density at radius 3 is 2.92 bits per heavy atom. The predicted molar refractivity (Wildman–Crippen MR) is 107 cm³/mol. The standard InChI is InChI=1S/C21H28N2O2S/c1-2-11-23(12-10-18-6-4-13-26-18)17-8-9-19-16(14-17)5-3-7-20(19)25-21(24)15-22/h3-7,13,17H,2,8-12,14-15,22H2,1H3. The third kappa shape index (κ3) is 4.72. The molecule has 0 saturated carbocycles. The van der Waals surface area contributed by atoms with Crippen LogP contribution < -0.4 is 10.5 Å². The van der Waals surface area contributed by atoms with Gasteiger partial charge in [0.1, 0.15) is 5.75 Å². The Morgan fingerprint density at radius 2 is 2.19 bits per heavy atom. The van der Waals surface area contributed by atoms with Gasteiger partial charge in [-0.15, -0.1) is 11.3 Å². The fraction of sp³-hybridized carbons (Fsp3) is 0.476. The van der Waals surface area contributed by atoms with Gasteiger partial charge in [0.25, 0.3) is 0 Å². The smallest absolute Gasteiger partial charge is 0.325 e. The third-order valence-corrected chi connectivity index (χ3v) is 5.99. The number of hydrogen-bond acceptors (Lipinski definition) is 5. The number of hydrogen-bond donors (Lipinski definition) is 1. The molecule has 1 atom stereocenters. The van der Waals surface area contributed by atoms with E-state index < -0.39 is 0 Å². The number of thiophene rings is 1. The zero-order chi connectivity index (χ0) is 18.4. The van der Waals surface area contributed by atoms with Gasteiger partial charge in [0.2, 0.25) is 0 Å². The number of benzene rings is 1. The average molecular weight is 373 g/mol. The zero-order valence-corrected chi connectivity index (χ0v) is 16.3. The molecule has 1 aliphatic rings. The second-order valence-corrected chi connectivity index (χ2v) is 7.87. The van der Waals surface area contributed by atoms with E-state index in [2.05, 4.69) is 35.4 Å². The first-order valence-corrected chi connectivity index (χ1v) is 10.4. The molecule has 0 radical (unpaired) electrons. The second kappa shape index (κ2) is 9.31. The SMILES string of the molecule is CCCN(CCc1cccs1)C1CCc2c(cccc2OC(=O)CN)C1. The van der Waals surface area contributed by atoms with E-state index in [4.69, 9.17) is 10.5 Å². The number of rotatable bonds is 8. The summed E-state index contributed by atoms with van der Waals surface area (Å²) in [6.45, 7) is 4.40. The van der Waals surface area contributed by atoms with Crippen LogP contribution in [0.4, 0.5) is 0 Å². The molecule has 1 unspecified atom stereocenters. The molecule has 1 aromatic carbocycles. The highest BCUT2D eigenvalue weighted by atomic mass is 32.1. The van der Waals surface area contributed by atoms with Crippen molar-refractivity contribution in [2.45, 2.75) is 45.1 Å². The Morgan fingerprint density at radius 1 is 1.31 bits per heavy atom. The van der Waals surface area contributed by atoms with Crippen molar-refractivity contribution < 1.29 is 9.53 Å². The molecule has 0 saturated heterocycles. The maximum atomic E-state index is 11.6. The average Bonchev–Trinajstić information content (AvgIpc) is 3.18. The zero-order valence-electron chi connectivity index (χ0n) is 15.4. The van der Waals surface area contributed by atoms with Gasteiger partial charge in [-0.05, 0) is 67.3 Å². The molecule has 2 aromatic rings. The van der Waals surface area contributed by atoms with Gasteiger partial charge >= 0.3 is 5.97 Å². The Hall–Kier alpha value is -1.69. The fourth-order valence-electron chi connectivity index (χ4n) is 3.80. The summed E-state index contributed by atoms with van der Waals surface area (Å²) in [5.41, 5.74) is 7.87. The maximum absolute atomic E-state index is 11.6. The summed E-state index contributed by atoms with van der Waals surface area (Å²) >= 11 is 1.84. The van der Waals surface area contributed by atoms with E-state index in [1.807, 2.05) is 23.5 Å². The first kappa shape index (κ1) is 19.1. The van der Waals surface area contributed by atoms with Crippen molar-refractivity contribution in [1.82, 2.24) is 4.90 Å². The van der Waals surface area contributed by atoms with Crippen LogP contribution in [0.15, 0.2) is 35.7 Å². The molecule has 140 valence electrons. The summed E-state index contributed by atoms with van der Waals surface area (Å²) in [5, 5.41) is 2.15. The number of esters is 1. The lowest BCUT2D eigenvalue weighted by Crippen LogP contribution is -2.41. The van der Waals surface area contributed by atoms with Crippen molar-refractivity contribution >= 4 is 17.3 Å². The molecular weight excluding hydrogens is 344 g/mol. The molecule has 1 aromatic heterocycles. The van der Waals surface area contributed by atoms with Gasteiger partial charge in [0.05, 0.1) is 6.54 Å². The molecule has 2 N–H and O–H groups in total. The monoisotopic (exact) mass is 372 g/mol. The van der Waals surface area contributed by atoms with E-state index >= 15 is 0 Å². The molecular formula is C21H28N2O2S. The Bertz CT molecular complexity index is 715. The summed E-state index contributed by atoms with van der Waals surface area (Å²) in [6.07, 6.45) is 5.37. The van der Waals surface area contributed by atoms with Crippen LogP contribution in [0.1, 0.15) is 35.8 Å². The molecule has 3 rings (SSSR count). The molecule has 1 heterocycles. The van der Waals surface area contributed by atoms with Gasteiger partial charge in [-0.1, -0.05) is 25.1 Å². The van der Waals surface area contributed by atoms with Crippen molar-refractivity contribution in [2.75, 3.05) is 19.6 Å². The van der Waals surface area contributed by atoms with Gasteiger partial charge in [0, 0.05) is 17.5 Å². The number of ether oxygens (including phenoxy) is 1. The van der Waals surface area contributed by atoms with Gasteiger partial charge in [0.15, 0.2) is 0 Å². The molecule has 1 aliphatic carbocycles. The van der Waals surface area contributed by atoms with Crippen LogP contribution in [0.3, 0.4) is 0 Å². The molecule has 0 amide bonds. The number of carbonyl (C=O) groups is 1. The highest BCUT2D eigenvalue weighted by Gasteiger charge is 2.26. The van der Waals surface area contributed by atoms with Crippen LogP contribution in [0.5, 0.6) is 5.75 Å². The van der Waals surface area contributed by atoms with E-state index in [1.54, 1.807) is 0 Å². The minimum absolute atomic E-state index is 0.0840. The van der Waals surface area contributed by atoms with Crippen molar-refractivity contribution in [2.24, 2.45) is 5.73 Å². The molecule has 26 heavy (non-hydrogen) atoms. The van der Waals surface area contributed by atoms with E-state index in [0.29, 0.717) is 11.8 Å². The van der Waals surface area contributed by atoms with Crippen LogP contribution in [0.25, 0.3) is 0 Å². The number of nitrogens with zero attached hydrogens (tertiary/aromatic N) is 1. The lowest BCUT2D eigenvalue weighted by Gasteiger charge is -2.35. The molecule has 0 aliphatic heterocycles. The number of carbonyl (C=O) groups excluding carboxylic acids is 1. The summed E-state index contributed by atoms with van der Waals surface area (Å²) in [5.74, 6) is 0.320. The van der Waals surface area contributed by atoms with Gasteiger partial charge in [-0.25, -0.2) is 0 Å². The third-order valence-electron chi connectivity index (χ3n) is 5.06. The van der Waals surface area contributed by atoms with Gasteiger partial charge < -0.3 is 10.5 Å². The Kier molecular flexibility index (Phi) is 6.83. The highest BCUT2D eigenvalue weighted by molar-refractivity contribution is 7.09. The maximum Gasteiger partial charge on any atom is 0.325 e. The second-order valence-electron chi connectivity index (χ2n) is 6.83. The predicted octanol–water partition coefficient (Wildman–Crippen LogP) is 3.42. The summed E-state index contributed by atoms with van der Waals surface area (Å²) in [7, 11) is 0. The van der Waals surface area contributed by atoms with Crippen molar-refractivity contribution in [1.29, 1.82) is 0 Å². The first-order valence-electron chi connectivity index (χ1n) is 9.49. The highest BCUT2D eigenvalue weighted by Crippen LogP contribution is 2.32. The molecule has 5 heteroatoms. The van der Waals surface area contributed by atoms with E-state index in [1.165, 1.54) is 22.4 Å². The van der Waals surface area contributed by atoms with E-state index in [9.17, 15) is 4.79 Å². The largest absolute Gasteiger partial charge is 0.425 e. The molecule has 0 fully saturated rings. The topological polar surface area (TPSA) is 55.6 Å². The van der Waals surface area contributed by atoms with Crippen molar-refractivity contribution in [3.63, 3.8) is 0 Å². The van der Waals surface area contributed by atoms with Crippen molar-refractivity contribution in [3.8, 4) is 5.75 Å². The minimum atomic E-state index is -0.371. The van der Waals surface area contributed by atoms with Crippen molar-refractivity contribution in [3.05, 3.63) is 51.7 Å². The van der Waals surface area contributed by atoms with E-state index in [-0.39, 0.29) is 12.5 Å². The van der Waals surface area contributed by atoms with Crippen LogP contribution in [0, 0.1) is 0 Å². The normalized spacial score (nSPS) is 16.5. The quantitative estimate of drug-likeness (QED) is 0.570. The molecule has 4 nitrogen and oxygen atoms in total. The summed E-state index contributed by atoms with van der Waals surface area (Å²) in [6, 6.07) is 10.9. The number of nitrogens with two attached hydrogens (primary N) is 1. The molecule has 0 bridgehead atoms. The lowest BCUT2D eigenvalue weighted by atomic mass is 9.86. The Labute approximate surface area is 160 Å². The minimum Gasteiger partial charge on any atom is -0.425 e. The lowest BCUT2D eigenvalue weighted by molar-refractivity contribution is -0.132. The fourth-order valence-corrected chi connectivity index (χ4v) is 4.50. The Balaban J connectivity index is 1.69. The van der Waals surface area contributed by atoms with Gasteiger partial charge in [-0.3, -0.25) is 9.69 Å². The van der Waals surface area contributed by atoms with E-state index in [0.717, 1.165) is 38.8 Å². The van der Waals surface area contributed by atoms with Crippen LogP contribution in [-0.2, 0) is 24.1 Å². The summed E-state index contributed by atoms with van der Waals surface area (Å²) in [4.78, 5) is 15.7. The van der Waals surface area contributed by atoms with Crippen LogP contribution in [0.2, 0.25) is 0 Å². The van der Waals surface area contributed by atoms with Crippen LogP contribution in [-0.4, -0.2) is 36.5 Å². The first-order chi connectivity index (χ1) is 12.7. The summed E-state index contributed by atoms with van der Waals surface area (Å²) < 4.78 is 5.43. The van der Waals surface area contributed by atoms with Crippen LogP contribution >= 0.6 is 11.3 Å². The number of fused-ring (bicyclic) bond motifs is 1.